The van der Waals surface area contributed by atoms with Gasteiger partial charge in [0.15, 0.2) is 0 Å². The van der Waals surface area contributed by atoms with Gasteiger partial charge in [0.1, 0.15) is 6.23 Å². The van der Waals surface area contributed by atoms with Crippen LogP contribution >= 0.6 is 0 Å². The van der Waals surface area contributed by atoms with Crippen molar-refractivity contribution < 1.29 is 5.11 Å². The molecule has 0 aliphatic carbocycles. The summed E-state index contributed by atoms with van der Waals surface area (Å²) in [6.45, 7) is 5.16. The van der Waals surface area contributed by atoms with Crippen molar-refractivity contribution in [3.05, 3.63) is 0 Å². The van der Waals surface area contributed by atoms with Gasteiger partial charge in [-0.1, -0.05) is 39.5 Å². The van der Waals surface area contributed by atoms with Crippen molar-refractivity contribution in [3.8, 4) is 0 Å². The van der Waals surface area contributed by atoms with Crippen molar-refractivity contribution in [2.75, 3.05) is 6.54 Å². The maximum atomic E-state index is 9.15. The molecule has 1 unspecified atom stereocenters. The molecular formula is C10H23NO. The zero-order valence-corrected chi connectivity index (χ0v) is 8.47. The third kappa shape index (κ3) is 8.02. The Labute approximate surface area is 76.4 Å². The highest BCUT2D eigenvalue weighted by Gasteiger charge is 1.96. The van der Waals surface area contributed by atoms with Crippen LogP contribution in [0.15, 0.2) is 0 Å². The number of hydrogen-bond donors (Lipinski definition) is 2. The summed E-state index contributed by atoms with van der Waals surface area (Å²) in [7, 11) is 0. The Morgan fingerprint density at radius 2 is 1.75 bits per heavy atom. The minimum atomic E-state index is -0.295. The highest BCUT2D eigenvalue weighted by Crippen LogP contribution is 2.01. The van der Waals surface area contributed by atoms with E-state index in [-0.39, 0.29) is 6.23 Å². The van der Waals surface area contributed by atoms with Crippen LogP contribution in [0, 0.1) is 0 Å². The van der Waals surface area contributed by atoms with Crippen LogP contribution in [-0.4, -0.2) is 17.9 Å². The molecule has 74 valence electrons. The van der Waals surface area contributed by atoms with Crippen LogP contribution in [0.3, 0.4) is 0 Å². The summed E-state index contributed by atoms with van der Waals surface area (Å²) in [5.41, 5.74) is 0. The Morgan fingerprint density at radius 3 is 2.33 bits per heavy atom. The number of hydrogen-bond acceptors (Lipinski definition) is 2. The van der Waals surface area contributed by atoms with E-state index in [9.17, 15) is 0 Å². The van der Waals surface area contributed by atoms with Crippen LogP contribution in [0.5, 0.6) is 0 Å². The standard InChI is InChI=1S/C10H23NO/c1-3-5-6-7-8-9-11-10(12)4-2/h10-12H,3-9H2,1-2H3. The van der Waals surface area contributed by atoms with Crippen molar-refractivity contribution in [2.24, 2.45) is 0 Å². The van der Waals surface area contributed by atoms with Crippen molar-refractivity contribution in [2.45, 2.75) is 58.6 Å². The molecule has 0 bridgehead atoms. The lowest BCUT2D eigenvalue weighted by molar-refractivity contribution is 0.133. The topological polar surface area (TPSA) is 32.3 Å². The number of unbranched alkanes of at least 4 members (excludes halogenated alkanes) is 4. The molecule has 12 heavy (non-hydrogen) atoms. The molecule has 0 aromatic carbocycles. The van der Waals surface area contributed by atoms with Crippen molar-refractivity contribution in [1.82, 2.24) is 5.32 Å². The van der Waals surface area contributed by atoms with E-state index in [0.29, 0.717) is 0 Å². The van der Waals surface area contributed by atoms with Gasteiger partial charge in [0.05, 0.1) is 0 Å². The Kier molecular flexibility index (Phi) is 8.95. The number of aliphatic hydroxyl groups is 1. The van der Waals surface area contributed by atoms with Gasteiger partial charge in [-0.3, -0.25) is 5.32 Å². The second-order valence-corrected chi connectivity index (χ2v) is 3.29. The van der Waals surface area contributed by atoms with Crippen LogP contribution < -0.4 is 5.32 Å². The van der Waals surface area contributed by atoms with Crippen LogP contribution in [0.4, 0.5) is 0 Å². The zero-order valence-electron chi connectivity index (χ0n) is 8.47. The molecule has 0 amide bonds. The lowest BCUT2D eigenvalue weighted by Gasteiger charge is -2.09. The first kappa shape index (κ1) is 11.9. The zero-order chi connectivity index (χ0) is 9.23. The van der Waals surface area contributed by atoms with E-state index in [1.165, 1.54) is 32.1 Å². The molecule has 0 heterocycles. The Morgan fingerprint density at radius 1 is 1.08 bits per heavy atom. The first-order chi connectivity index (χ1) is 5.81. The molecule has 0 aromatic heterocycles. The fourth-order valence-electron chi connectivity index (χ4n) is 1.14. The molecule has 2 heteroatoms. The minimum absolute atomic E-state index is 0.295. The summed E-state index contributed by atoms with van der Waals surface area (Å²) in [6, 6.07) is 0. The Bertz CT molecular complexity index is 85.9. The van der Waals surface area contributed by atoms with E-state index in [0.717, 1.165) is 13.0 Å². The van der Waals surface area contributed by atoms with Gasteiger partial charge in [-0.25, -0.2) is 0 Å². The minimum Gasteiger partial charge on any atom is -0.379 e. The molecule has 1 atom stereocenters. The molecule has 2 nitrogen and oxygen atoms in total. The molecule has 0 rings (SSSR count). The fraction of sp³-hybridized carbons (Fsp3) is 1.00. The molecular weight excluding hydrogens is 150 g/mol. The third-order valence-corrected chi connectivity index (χ3v) is 2.05. The third-order valence-electron chi connectivity index (χ3n) is 2.05. The highest BCUT2D eigenvalue weighted by molar-refractivity contribution is 4.51. The van der Waals surface area contributed by atoms with Gasteiger partial charge in [0, 0.05) is 0 Å². The van der Waals surface area contributed by atoms with Crippen molar-refractivity contribution in [1.29, 1.82) is 0 Å². The van der Waals surface area contributed by atoms with Gasteiger partial charge in [-0.2, -0.15) is 0 Å². The van der Waals surface area contributed by atoms with Gasteiger partial charge in [0.2, 0.25) is 0 Å². The van der Waals surface area contributed by atoms with E-state index >= 15 is 0 Å². The number of rotatable bonds is 8. The van der Waals surface area contributed by atoms with Gasteiger partial charge < -0.3 is 5.11 Å². The average Bonchev–Trinajstić information content (AvgIpc) is 2.10. The summed E-state index contributed by atoms with van der Waals surface area (Å²) >= 11 is 0. The van der Waals surface area contributed by atoms with Crippen molar-refractivity contribution >= 4 is 0 Å². The Balaban J connectivity index is 2.90. The fourth-order valence-corrected chi connectivity index (χ4v) is 1.14. The van der Waals surface area contributed by atoms with Gasteiger partial charge >= 0.3 is 0 Å². The monoisotopic (exact) mass is 173 g/mol. The van der Waals surface area contributed by atoms with Crippen LogP contribution in [0.25, 0.3) is 0 Å². The normalized spacial score (nSPS) is 13.2. The molecule has 0 aliphatic rings. The summed E-state index contributed by atoms with van der Waals surface area (Å²) in [6.07, 6.45) is 6.96. The summed E-state index contributed by atoms with van der Waals surface area (Å²) in [5.74, 6) is 0. The molecule has 0 saturated carbocycles. The number of aliphatic hydroxyl groups excluding tert-OH is 1. The van der Waals surface area contributed by atoms with Crippen molar-refractivity contribution in [3.63, 3.8) is 0 Å². The van der Waals surface area contributed by atoms with E-state index in [1.807, 2.05) is 6.92 Å². The smallest absolute Gasteiger partial charge is 0.104 e. The predicted octanol–water partition coefficient (Wildman–Crippen LogP) is 2.27. The highest BCUT2D eigenvalue weighted by atomic mass is 16.3. The first-order valence-corrected chi connectivity index (χ1v) is 5.22. The molecule has 2 N–H and O–H groups in total. The largest absolute Gasteiger partial charge is 0.379 e. The van der Waals surface area contributed by atoms with Gasteiger partial charge in [-0.05, 0) is 19.4 Å². The van der Waals surface area contributed by atoms with Crippen LogP contribution in [0.2, 0.25) is 0 Å². The van der Waals surface area contributed by atoms with E-state index < -0.39 is 0 Å². The molecule has 0 spiro atoms. The predicted molar refractivity (Wildman–Crippen MR) is 53.1 cm³/mol. The van der Waals surface area contributed by atoms with Crippen LogP contribution in [0.1, 0.15) is 52.4 Å². The lowest BCUT2D eigenvalue weighted by atomic mass is 10.1. The van der Waals surface area contributed by atoms with Crippen LogP contribution in [-0.2, 0) is 0 Å². The first-order valence-electron chi connectivity index (χ1n) is 5.22. The summed E-state index contributed by atoms with van der Waals surface area (Å²) in [5, 5.41) is 12.2. The molecule has 0 aromatic rings. The molecule has 0 aliphatic heterocycles. The van der Waals surface area contributed by atoms with Gasteiger partial charge in [0.25, 0.3) is 0 Å². The number of nitrogens with one attached hydrogen (secondary N) is 1. The maximum Gasteiger partial charge on any atom is 0.104 e. The second kappa shape index (κ2) is 9.01. The quantitative estimate of drug-likeness (QED) is 0.436. The summed E-state index contributed by atoms with van der Waals surface area (Å²) < 4.78 is 0. The van der Waals surface area contributed by atoms with Gasteiger partial charge in [-0.15, -0.1) is 0 Å². The SMILES string of the molecule is CCCCCCCNC(O)CC. The maximum absolute atomic E-state index is 9.15. The molecule has 0 radical (unpaired) electrons. The summed E-state index contributed by atoms with van der Waals surface area (Å²) in [4.78, 5) is 0. The Hall–Kier alpha value is -0.0800. The molecule has 0 saturated heterocycles. The van der Waals surface area contributed by atoms with E-state index in [2.05, 4.69) is 12.2 Å². The lowest BCUT2D eigenvalue weighted by Crippen LogP contribution is -2.28. The molecule has 0 fully saturated rings. The second-order valence-electron chi connectivity index (χ2n) is 3.29. The van der Waals surface area contributed by atoms with E-state index in [1.54, 1.807) is 0 Å². The van der Waals surface area contributed by atoms with E-state index in [4.69, 9.17) is 5.11 Å². The average molecular weight is 173 g/mol.